The molecule has 5 nitrogen and oxygen atoms in total. The second kappa shape index (κ2) is 5.04. The van der Waals surface area contributed by atoms with Gasteiger partial charge in [0.15, 0.2) is 0 Å². The third-order valence-electron chi connectivity index (χ3n) is 3.37. The highest BCUT2D eigenvalue weighted by Gasteiger charge is 2.41. The Bertz CT molecular complexity index is 315. The van der Waals surface area contributed by atoms with Gasteiger partial charge in [0, 0.05) is 13.1 Å². The Balaban J connectivity index is 2.70. The summed E-state index contributed by atoms with van der Waals surface area (Å²) in [5.74, 6) is -1.24. The molecule has 2 N–H and O–H groups in total. The first-order chi connectivity index (χ1) is 7.79. The summed E-state index contributed by atoms with van der Waals surface area (Å²) in [4.78, 5) is 24.9. The third-order valence-corrected chi connectivity index (χ3v) is 3.37. The van der Waals surface area contributed by atoms with Crippen molar-refractivity contribution in [3.8, 4) is 0 Å². The van der Waals surface area contributed by atoms with E-state index in [9.17, 15) is 9.59 Å². The lowest BCUT2D eigenvalue weighted by Crippen LogP contribution is -2.53. The van der Waals surface area contributed by atoms with Gasteiger partial charge >= 0.3 is 5.97 Å². The van der Waals surface area contributed by atoms with Crippen molar-refractivity contribution < 1.29 is 14.7 Å². The second-order valence-corrected chi connectivity index (χ2v) is 5.29. The molecular formula is C12H22N2O3. The standard InChI is InChI=1S/C12H22N2O3/c1-5-13-12(3,4)11(17)14-6-8(2)9(7-14)10(15)16/h8-9,13H,5-7H2,1-4H3,(H,15,16). The molecule has 0 aromatic heterocycles. The molecule has 1 saturated heterocycles. The smallest absolute Gasteiger partial charge is 0.308 e. The first-order valence-electron chi connectivity index (χ1n) is 6.06. The molecular weight excluding hydrogens is 220 g/mol. The van der Waals surface area contributed by atoms with E-state index in [-0.39, 0.29) is 11.8 Å². The molecule has 1 aliphatic rings. The van der Waals surface area contributed by atoms with E-state index in [1.807, 2.05) is 27.7 Å². The average Bonchev–Trinajstić information content (AvgIpc) is 2.59. The van der Waals surface area contributed by atoms with Gasteiger partial charge in [0.1, 0.15) is 0 Å². The molecule has 1 aliphatic heterocycles. The third kappa shape index (κ3) is 2.97. The summed E-state index contributed by atoms with van der Waals surface area (Å²) in [6.07, 6.45) is 0. The van der Waals surface area contributed by atoms with Gasteiger partial charge in [-0.2, -0.15) is 0 Å². The summed E-state index contributed by atoms with van der Waals surface area (Å²) in [7, 11) is 0. The molecule has 0 saturated carbocycles. The molecule has 2 unspecified atom stereocenters. The van der Waals surface area contributed by atoms with Crippen LogP contribution >= 0.6 is 0 Å². The number of likely N-dealkylation sites (N-methyl/N-ethyl adjacent to an activating group) is 1. The zero-order chi connectivity index (χ0) is 13.2. The molecule has 1 rings (SSSR count). The fourth-order valence-electron chi connectivity index (χ4n) is 2.37. The van der Waals surface area contributed by atoms with E-state index in [2.05, 4.69) is 5.32 Å². The average molecular weight is 242 g/mol. The van der Waals surface area contributed by atoms with Gasteiger partial charge in [-0.25, -0.2) is 0 Å². The van der Waals surface area contributed by atoms with Gasteiger partial charge in [-0.15, -0.1) is 0 Å². The lowest BCUT2D eigenvalue weighted by molar-refractivity contribution is -0.142. The van der Waals surface area contributed by atoms with Gasteiger partial charge in [-0.1, -0.05) is 13.8 Å². The van der Waals surface area contributed by atoms with Crippen LogP contribution < -0.4 is 5.32 Å². The van der Waals surface area contributed by atoms with E-state index in [0.29, 0.717) is 19.6 Å². The number of aliphatic carboxylic acids is 1. The first kappa shape index (κ1) is 14.0. The lowest BCUT2D eigenvalue weighted by atomic mass is 9.99. The minimum absolute atomic E-state index is 0.0186. The van der Waals surface area contributed by atoms with Crippen molar-refractivity contribution in [3.05, 3.63) is 0 Å². The van der Waals surface area contributed by atoms with E-state index in [0.717, 1.165) is 0 Å². The summed E-state index contributed by atoms with van der Waals surface area (Å²) in [6.45, 7) is 9.06. The van der Waals surface area contributed by atoms with E-state index in [1.54, 1.807) is 4.90 Å². The minimum Gasteiger partial charge on any atom is -0.481 e. The lowest BCUT2D eigenvalue weighted by Gasteiger charge is -2.29. The molecule has 17 heavy (non-hydrogen) atoms. The fraction of sp³-hybridized carbons (Fsp3) is 0.833. The number of rotatable bonds is 4. The minimum atomic E-state index is -0.811. The topological polar surface area (TPSA) is 69.6 Å². The number of hydrogen-bond donors (Lipinski definition) is 2. The van der Waals surface area contributed by atoms with Crippen molar-refractivity contribution in [2.45, 2.75) is 33.2 Å². The number of carboxylic acids is 1. The van der Waals surface area contributed by atoms with Gasteiger partial charge in [-0.05, 0) is 26.3 Å². The summed E-state index contributed by atoms with van der Waals surface area (Å²) < 4.78 is 0. The van der Waals surface area contributed by atoms with Crippen LogP contribution in [0, 0.1) is 11.8 Å². The van der Waals surface area contributed by atoms with E-state index >= 15 is 0 Å². The fourth-order valence-corrected chi connectivity index (χ4v) is 2.37. The molecule has 0 aliphatic carbocycles. The highest BCUT2D eigenvalue weighted by atomic mass is 16.4. The number of carbonyl (C=O) groups is 2. The Morgan fingerprint density at radius 2 is 2.00 bits per heavy atom. The maximum atomic E-state index is 12.2. The Labute approximate surface area is 102 Å². The van der Waals surface area contributed by atoms with Crippen molar-refractivity contribution >= 4 is 11.9 Å². The van der Waals surface area contributed by atoms with Crippen molar-refractivity contribution in [3.63, 3.8) is 0 Å². The largest absolute Gasteiger partial charge is 0.481 e. The molecule has 1 heterocycles. The monoisotopic (exact) mass is 242 g/mol. The first-order valence-corrected chi connectivity index (χ1v) is 6.06. The maximum Gasteiger partial charge on any atom is 0.308 e. The van der Waals surface area contributed by atoms with Crippen molar-refractivity contribution in [1.29, 1.82) is 0 Å². The number of hydrogen-bond acceptors (Lipinski definition) is 3. The van der Waals surface area contributed by atoms with Gasteiger partial charge in [0.05, 0.1) is 11.5 Å². The Kier molecular flexibility index (Phi) is 4.14. The Morgan fingerprint density at radius 1 is 1.41 bits per heavy atom. The predicted molar refractivity (Wildman–Crippen MR) is 64.6 cm³/mol. The number of nitrogens with zero attached hydrogens (tertiary/aromatic N) is 1. The summed E-state index contributed by atoms with van der Waals surface area (Å²) in [6, 6.07) is 0. The summed E-state index contributed by atoms with van der Waals surface area (Å²) in [5.41, 5.74) is -0.623. The number of amides is 1. The van der Waals surface area contributed by atoms with Gasteiger partial charge in [0.2, 0.25) is 5.91 Å². The van der Waals surface area contributed by atoms with Crippen LogP contribution in [0.4, 0.5) is 0 Å². The molecule has 98 valence electrons. The number of nitrogens with one attached hydrogen (secondary N) is 1. The van der Waals surface area contributed by atoms with E-state index in [4.69, 9.17) is 5.11 Å². The summed E-state index contributed by atoms with van der Waals surface area (Å²) >= 11 is 0. The van der Waals surface area contributed by atoms with Crippen LogP contribution in [0.15, 0.2) is 0 Å². The normalized spacial score (nSPS) is 25.1. The van der Waals surface area contributed by atoms with Crippen molar-refractivity contribution in [2.24, 2.45) is 11.8 Å². The van der Waals surface area contributed by atoms with Crippen LogP contribution in [0.1, 0.15) is 27.7 Å². The molecule has 2 atom stereocenters. The van der Waals surface area contributed by atoms with Crippen LogP contribution in [0.3, 0.4) is 0 Å². The zero-order valence-electron chi connectivity index (χ0n) is 11.0. The molecule has 0 radical (unpaired) electrons. The highest BCUT2D eigenvalue weighted by Crippen LogP contribution is 2.25. The summed E-state index contributed by atoms with van der Waals surface area (Å²) in [5, 5.41) is 12.2. The van der Waals surface area contributed by atoms with Crippen molar-refractivity contribution in [1.82, 2.24) is 10.2 Å². The molecule has 0 aromatic carbocycles. The van der Waals surface area contributed by atoms with Gasteiger partial charge in [-0.3, -0.25) is 9.59 Å². The SMILES string of the molecule is CCNC(C)(C)C(=O)N1CC(C)C(C(=O)O)C1. The van der Waals surface area contributed by atoms with Gasteiger partial charge < -0.3 is 15.3 Å². The molecule has 0 spiro atoms. The Morgan fingerprint density at radius 3 is 2.41 bits per heavy atom. The van der Waals surface area contributed by atoms with Crippen LogP contribution in [-0.2, 0) is 9.59 Å². The molecule has 5 heteroatoms. The van der Waals surface area contributed by atoms with Crippen molar-refractivity contribution in [2.75, 3.05) is 19.6 Å². The molecule has 1 amide bonds. The number of likely N-dealkylation sites (tertiary alicyclic amines) is 1. The van der Waals surface area contributed by atoms with Crippen LogP contribution in [-0.4, -0.2) is 47.1 Å². The quantitative estimate of drug-likeness (QED) is 0.755. The van der Waals surface area contributed by atoms with E-state index < -0.39 is 17.4 Å². The van der Waals surface area contributed by atoms with Crippen LogP contribution in [0.2, 0.25) is 0 Å². The van der Waals surface area contributed by atoms with Crippen LogP contribution in [0.5, 0.6) is 0 Å². The van der Waals surface area contributed by atoms with Gasteiger partial charge in [0.25, 0.3) is 0 Å². The number of carbonyl (C=O) groups excluding carboxylic acids is 1. The zero-order valence-corrected chi connectivity index (χ0v) is 11.0. The van der Waals surface area contributed by atoms with Crippen LogP contribution in [0.25, 0.3) is 0 Å². The second-order valence-electron chi connectivity index (χ2n) is 5.29. The predicted octanol–water partition coefficient (Wildman–Crippen LogP) is 0.554. The highest BCUT2D eigenvalue weighted by molar-refractivity contribution is 5.86. The molecule has 0 bridgehead atoms. The Hall–Kier alpha value is -1.10. The molecule has 1 fully saturated rings. The number of carboxylic acid groups (broad SMARTS) is 1. The van der Waals surface area contributed by atoms with E-state index in [1.165, 1.54) is 0 Å². The maximum absolute atomic E-state index is 12.2. The molecule has 0 aromatic rings.